The fraction of sp³-hybridized carbons (Fsp3) is 0.250. The first kappa shape index (κ1) is 16.8. The van der Waals surface area contributed by atoms with Gasteiger partial charge in [0.15, 0.2) is 5.82 Å². The van der Waals surface area contributed by atoms with Crippen molar-refractivity contribution in [3.8, 4) is 11.5 Å². The average molecular weight is 368 g/mol. The molecule has 0 spiro atoms. The van der Waals surface area contributed by atoms with Crippen LogP contribution in [0.25, 0.3) is 11.5 Å². The Balaban J connectivity index is 1.56. The molecule has 5 nitrogen and oxygen atoms in total. The molecular formula is C20H18ClN3O2. The second-order valence-corrected chi connectivity index (χ2v) is 7.08. The van der Waals surface area contributed by atoms with Gasteiger partial charge in [0.05, 0.1) is 0 Å². The van der Waals surface area contributed by atoms with E-state index in [9.17, 15) is 4.79 Å². The number of hydrogen-bond acceptors (Lipinski definition) is 4. The Kier molecular flexibility index (Phi) is 4.24. The zero-order chi connectivity index (χ0) is 18.3. The lowest BCUT2D eigenvalue weighted by Gasteiger charge is -2.17. The molecule has 6 heteroatoms. The van der Waals surface area contributed by atoms with Crippen molar-refractivity contribution < 1.29 is 9.32 Å². The Morgan fingerprint density at radius 3 is 2.77 bits per heavy atom. The number of amides is 1. The van der Waals surface area contributed by atoms with Crippen LogP contribution in [0.5, 0.6) is 0 Å². The van der Waals surface area contributed by atoms with Crippen LogP contribution in [0.15, 0.2) is 47.0 Å². The molecule has 1 amide bonds. The second kappa shape index (κ2) is 6.57. The minimum atomic E-state index is -0.0826. The number of anilines is 1. The van der Waals surface area contributed by atoms with Gasteiger partial charge in [0.1, 0.15) is 0 Å². The fourth-order valence-corrected chi connectivity index (χ4v) is 3.35. The highest BCUT2D eigenvalue weighted by Gasteiger charge is 2.34. The molecule has 1 saturated heterocycles. The third kappa shape index (κ3) is 3.10. The van der Waals surface area contributed by atoms with Crippen LogP contribution in [0.3, 0.4) is 0 Å². The molecule has 0 radical (unpaired) electrons. The Bertz CT molecular complexity index is 983. The smallest absolute Gasteiger partial charge is 0.257 e. The standard InChI is InChI=1S/C20H18ClN3O2/c1-12-6-7-17(8-13(12)2)24-11-15(10-18(24)25)19-22-20(26-23-19)14-4-3-5-16(21)9-14/h3-9,15H,10-11H2,1-2H3. The molecule has 3 aromatic rings. The van der Waals surface area contributed by atoms with Gasteiger partial charge in [-0.15, -0.1) is 0 Å². The number of benzene rings is 2. The number of rotatable bonds is 3. The van der Waals surface area contributed by atoms with Crippen molar-refractivity contribution in [2.24, 2.45) is 0 Å². The van der Waals surface area contributed by atoms with Gasteiger partial charge in [-0.2, -0.15) is 4.98 Å². The molecule has 0 bridgehead atoms. The minimum absolute atomic E-state index is 0.0763. The maximum Gasteiger partial charge on any atom is 0.257 e. The van der Waals surface area contributed by atoms with Crippen LogP contribution < -0.4 is 4.90 Å². The molecule has 4 rings (SSSR count). The summed E-state index contributed by atoms with van der Waals surface area (Å²) in [6, 6.07) is 13.3. The van der Waals surface area contributed by atoms with Crippen LogP contribution in [0.2, 0.25) is 5.02 Å². The van der Waals surface area contributed by atoms with E-state index < -0.39 is 0 Å². The highest BCUT2D eigenvalue weighted by Crippen LogP contribution is 2.32. The molecule has 132 valence electrons. The van der Waals surface area contributed by atoms with E-state index in [2.05, 4.69) is 17.1 Å². The summed E-state index contributed by atoms with van der Waals surface area (Å²) >= 11 is 6.02. The highest BCUT2D eigenvalue weighted by molar-refractivity contribution is 6.30. The number of aryl methyl sites for hydroxylation is 2. The first-order chi connectivity index (χ1) is 12.5. The van der Waals surface area contributed by atoms with Crippen molar-refractivity contribution in [3.05, 3.63) is 64.4 Å². The van der Waals surface area contributed by atoms with E-state index in [1.807, 2.05) is 37.3 Å². The zero-order valence-electron chi connectivity index (χ0n) is 14.6. The zero-order valence-corrected chi connectivity index (χ0v) is 15.3. The van der Waals surface area contributed by atoms with E-state index in [0.717, 1.165) is 11.3 Å². The van der Waals surface area contributed by atoms with Gasteiger partial charge < -0.3 is 9.42 Å². The van der Waals surface area contributed by atoms with E-state index in [4.69, 9.17) is 16.1 Å². The fourth-order valence-electron chi connectivity index (χ4n) is 3.16. The summed E-state index contributed by atoms with van der Waals surface area (Å²) in [6.07, 6.45) is 0.376. The lowest BCUT2D eigenvalue weighted by molar-refractivity contribution is -0.117. The van der Waals surface area contributed by atoms with Crippen molar-refractivity contribution in [2.45, 2.75) is 26.2 Å². The van der Waals surface area contributed by atoms with Gasteiger partial charge in [-0.3, -0.25) is 4.79 Å². The third-order valence-corrected chi connectivity index (χ3v) is 5.04. The van der Waals surface area contributed by atoms with Gasteiger partial charge >= 0.3 is 0 Å². The Hall–Kier alpha value is -2.66. The lowest BCUT2D eigenvalue weighted by atomic mass is 10.1. The molecule has 0 saturated carbocycles. The molecule has 1 aromatic heterocycles. The van der Waals surface area contributed by atoms with Crippen LogP contribution >= 0.6 is 11.6 Å². The van der Waals surface area contributed by atoms with Crippen LogP contribution in [0, 0.1) is 13.8 Å². The Morgan fingerprint density at radius 2 is 2.00 bits per heavy atom. The largest absolute Gasteiger partial charge is 0.334 e. The summed E-state index contributed by atoms with van der Waals surface area (Å²) < 4.78 is 5.38. The molecule has 2 heterocycles. The molecule has 0 aliphatic carbocycles. The average Bonchev–Trinajstić information content (AvgIpc) is 3.24. The number of halogens is 1. The molecule has 1 atom stereocenters. The molecule has 1 aliphatic rings. The quantitative estimate of drug-likeness (QED) is 0.682. The highest BCUT2D eigenvalue weighted by atomic mass is 35.5. The van der Waals surface area contributed by atoms with Crippen molar-refractivity contribution >= 4 is 23.2 Å². The maximum absolute atomic E-state index is 12.5. The Morgan fingerprint density at radius 1 is 1.15 bits per heavy atom. The van der Waals surface area contributed by atoms with E-state index >= 15 is 0 Å². The van der Waals surface area contributed by atoms with E-state index in [-0.39, 0.29) is 11.8 Å². The van der Waals surface area contributed by atoms with Crippen molar-refractivity contribution in [2.75, 3.05) is 11.4 Å². The van der Waals surface area contributed by atoms with E-state index in [1.54, 1.807) is 17.0 Å². The predicted molar refractivity (Wildman–Crippen MR) is 100 cm³/mol. The van der Waals surface area contributed by atoms with Crippen molar-refractivity contribution in [3.63, 3.8) is 0 Å². The van der Waals surface area contributed by atoms with Crippen LogP contribution in [-0.2, 0) is 4.79 Å². The van der Waals surface area contributed by atoms with Gasteiger partial charge in [0, 0.05) is 35.2 Å². The van der Waals surface area contributed by atoms with Gasteiger partial charge in [-0.05, 0) is 55.3 Å². The number of carbonyl (C=O) groups is 1. The van der Waals surface area contributed by atoms with Gasteiger partial charge in [0.25, 0.3) is 5.89 Å². The normalized spacial score (nSPS) is 17.1. The predicted octanol–water partition coefficient (Wildman–Crippen LogP) is 4.53. The third-order valence-electron chi connectivity index (χ3n) is 4.81. The molecule has 26 heavy (non-hydrogen) atoms. The number of aromatic nitrogens is 2. The van der Waals surface area contributed by atoms with Crippen LogP contribution in [0.4, 0.5) is 5.69 Å². The molecule has 2 aromatic carbocycles. The van der Waals surface area contributed by atoms with Crippen LogP contribution in [0.1, 0.15) is 29.3 Å². The summed E-state index contributed by atoms with van der Waals surface area (Å²) in [5.41, 5.74) is 4.06. The molecule has 1 aliphatic heterocycles. The van der Waals surface area contributed by atoms with Crippen LogP contribution in [-0.4, -0.2) is 22.6 Å². The first-order valence-electron chi connectivity index (χ1n) is 8.48. The van der Waals surface area contributed by atoms with Gasteiger partial charge in [0.2, 0.25) is 5.91 Å². The maximum atomic E-state index is 12.5. The van der Waals surface area contributed by atoms with Crippen molar-refractivity contribution in [1.82, 2.24) is 10.1 Å². The van der Waals surface area contributed by atoms with E-state index in [1.165, 1.54) is 11.1 Å². The molecule has 0 N–H and O–H groups in total. The first-order valence-corrected chi connectivity index (χ1v) is 8.86. The minimum Gasteiger partial charge on any atom is -0.334 e. The summed E-state index contributed by atoms with van der Waals surface area (Å²) in [7, 11) is 0. The topological polar surface area (TPSA) is 59.2 Å². The molecule has 1 unspecified atom stereocenters. The molecular weight excluding hydrogens is 350 g/mol. The summed E-state index contributed by atoms with van der Waals surface area (Å²) in [5, 5.41) is 4.70. The van der Waals surface area contributed by atoms with Gasteiger partial charge in [-0.1, -0.05) is 28.9 Å². The Labute approximate surface area is 156 Å². The van der Waals surface area contributed by atoms with Crippen molar-refractivity contribution in [1.29, 1.82) is 0 Å². The SMILES string of the molecule is Cc1ccc(N2CC(c3noc(-c4cccc(Cl)c4)n3)CC2=O)cc1C. The van der Waals surface area contributed by atoms with Gasteiger partial charge in [-0.25, -0.2) is 0 Å². The second-order valence-electron chi connectivity index (χ2n) is 6.64. The molecule has 1 fully saturated rings. The summed E-state index contributed by atoms with van der Waals surface area (Å²) in [5.74, 6) is 0.965. The lowest BCUT2D eigenvalue weighted by Crippen LogP contribution is -2.24. The number of carbonyl (C=O) groups excluding carboxylic acids is 1. The van der Waals surface area contributed by atoms with E-state index in [0.29, 0.717) is 29.7 Å². The summed E-state index contributed by atoms with van der Waals surface area (Å²) in [4.78, 5) is 18.8. The number of hydrogen-bond donors (Lipinski definition) is 0. The summed E-state index contributed by atoms with van der Waals surface area (Å²) in [6.45, 7) is 4.66. The number of nitrogens with zero attached hydrogens (tertiary/aromatic N) is 3. The monoisotopic (exact) mass is 367 g/mol.